The number of ether oxygens (including phenoxy) is 1. The van der Waals surface area contributed by atoms with E-state index in [1.807, 2.05) is 24.3 Å². The molecule has 3 unspecified atom stereocenters. The summed E-state index contributed by atoms with van der Waals surface area (Å²) < 4.78 is 6.92. The van der Waals surface area contributed by atoms with E-state index >= 15 is 0 Å². The van der Waals surface area contributed by atoms with Crippen molar-refractivity contribution in [3.8, 4) is 5.75 Å². The molecule has 3 atom stereocenters. The minimum Gasteiger partial charge on any atom is -0.488 e. The fraction of sp³-hybridized carbons (Fsp3) is 0.538. The Kier molecular flexibility index (Phi) is 3.27. The van der Waals surface area contributed by atoms with Crippen LogP contribution in [-0.2, 0) is 0 Å². The number of hydrogen-bond donors (Lipinski definition) is 1. The summed E-state index contributed by atoms with van der Waals surface area (Å²) in [5, 5.41) is 9.79. The smallest absolute Gasteiger partial charge is 0.133 e. The Morgan fingerprint density at radius 1 is 1.50 bits per heavy atom. The van der Waals surface area contributed by atoms with E-state index in [0.717, 1.165) is 23.1 Å². The highest BCUT2D eigenvalue weighted by atomic mass is 79.9. The fourth-order valence-electron chi connectivity index (χ4n) is 2.13. The summed E-state index contributed by atoms with van der Waals surface area (Å²) >= 11 is 3.47. The normalized spacial score (nSPS) is 33.2. The molecular weight excluding hydrogens is 268 g/mol. The Balaban J connectivity index is 2.10. The molecule has 1 N–H and O–H groups in total. The first-order chi connectivity index (χ1) is 7.58. The van der Waals surface area contributed by atoms with Crippen LogP contribution in [0.3, 0.4) is 0 Å². The molecule has 0 amide bonds. The van der Waals surface area contributed by atoms with Crippen molar-refractivity contribution in [3.63, 3.8) is 0 Å². The molecule has 1 aromatic carbocycles. The molecule has 88 valence electrons. The molecule has 0 heterocycles. The van der Waals surface area contributed by atoms with Crippen molar-refractivity contribution in [1.29, 1.82) is 0 Å². The topological polar surface area (TPSA) is 29.5 Å². The van der Waals surface area contributed by atoms with Crippen LogP contribution in [-0.4, -0.2) is 17.3 Å². The molecule has 0 aromatic heterocycles. The Labute approximate surface area is 105 Å². The summed E-state index contributed by atoms with van der Waals surface area (Å²) in [5.41, 5.74) is -0.102. The van der Waals surface area contributed by atoms with E-state index in [1.54, 1.807) is 0 Å². The Bertz CT molecular complexity index is 380. The zero-order valence-corrected chi connectivity index (χ0v) is 11.2. The van der Waals surface area contributed by atoms with Crippen molar-refractivity contribution in [2.24, 2.45) is 5.41 Å². The van der Waals surface area contributed by atoms with Crippen LogP contribution in [0.25, 0.3) is 0 Å². The van der Waals surface area contributed by atoms with Crippen molar-refractivity contribution in [1.82, 2.24) is 0 Å². The lowest BCUT2D eigenvalue weighted by atomic mass is 9.63. The van der Waals surface area contributed by atoms with Crippen LogP contribution in [0, 0.1) is 5.41 Å². The van der Waals surface area contributed by atoms with Crippen LogP contribution in [0.15, 0.2) is 28.7 Å². The minimum absolute atomic E-state index is 0.102. The van der Waals surface area contributed by atoms with Gasteiger partial charge in [0.25, 0.3) is 0 Å². The number of hydrogen-bond acceptors (Lipinski definition) is 2. The monoisotopic (exact) mass is 284 g/mol. The SMILES string of the molecule is CCC1(C)C(O)CC1Oc1ccccc1Br. The molecule has 1 saturated carbocycles. The molecule has 1 fully saturated rings. The van der Waals surface area contributed by atoms with E-state index in [9.17, 15) is 5.11 Å². The molecule has 1 aromatic rings. The van der Waals surface area contributed by atoms with E-state index in [0.29, 0.717) is 0 Å². The predicted molar refractivity (Wildman–Crippen MR) is 67.6 cm³/mol. The van der Waals surface area contributed by atoms with E-state index in [1.165, 1.54) is 0 Å². The van der Waals surface area contributed by atoms with Crippen molar-refractivity contribution >= 4 is 15.9 Å². The lowest BCUT2D eigenvalue weighted by molar-refractivity contribution is -0.147. The van der Waals surface area contributed by atoms with Crippen molar-refractivity contribution in [2.45, 2.75) is 38.9 Å². The average Bonchev–Trinajstić information content (AvgIpc) is 2.30. The predicted octanol–water partition coefficient (Wildman–Crippen LogP) is 3.38. The highest BCUT2D eigenvalue weighted by Gasteiger charge is 2.51. The maximum atomic E-state index is 9.79. The molecule has 2 nitrogen and oxygen atoms in total. The second kappa shape index (κ2) is 4.38. The lowest BCUT2D eigenvalue weighted by Gasteiger charge is -2.50. The molecule has 0 spiro atoms. The highest BCUT2D eigenvalue weighted by Crippen LogP contribution is 2.46. The quantitative estimate of drug-likeness (QED) is 0.922. The highest BCUT2D eigenvalue weighted by molar-refractivity contribution is 9.10. The van der Waals surface area contributed by atoms with E-state index in [2.05, 4.69) is 29.8 Å². The van der Waals surface area contributed by atoms with Gasteiger partial charge in [-0.1, -0.05) is 26.0 Å². The van der Waals surface area contributed by atoms with Gasteiger partial charge in [-0.3, -0.25) is 0 Å². The van der Waals surface area contributed by atoms with E-state index in [-0.39, 0.29) is 17.6 Å². The van der Waals surface area contributed by atoms with Gasteiger partial charge in [0.15, 0.2) is 0 Å². The first kappa shape index (κ1) is 11.9. The van der Waals surface area contributed by atoms with Gasteiger partial charge in [-0.2, -0.15) is 0 Å². The van der Waals surface area contributed by atoms with Crippen LogP contribution >= 0.6 is 15.9 Å². The van der Waals surface area contributed by atoms with Gasteiger partial charge < -0.3 is 9.84 Å². The van der Waals surface area contributed by atoms with Crippen LogP contribution in [0.4, 0.5) is 0 Å². The zero-order valence-electron chi connectivity index (χ0n) is 9.61. The molecule has 1 aliphatic rings. The van der Waals surface area contributed by atoms with Gasteiger partial charge in [-0.25, -0.2) is 0 Å². The summed E-state index contributed by atoms with van der Waals surface area (Å²) in [5.74, 6) is 0.860. The first-order valence-electron chi connectivity index (χ1n) is 5.67. The molecule has 0 radical (unpaired) electrons. The maximum absolute atomic E-state index is 9.79. The standard InChI is InChI=1S/C13H17BrO2/c1-3-13(2)11(15)8-12(13)16-10-7-5-4-6-9(10)14/h4-7,11-12,15H,3,8H2,1-2H3. The van der Waals surface area contributed by atoms with Gasteiger partial charge >= 0.3 is 0 Å². The summed E-state index contributed by atoms with van der Waals surface area (Å²) in [4.78, 5) is 0. The molecule has 0 bridgehead atoms. The van der Waals surface area contributed by atoms with Gasteiger partial charge in [0.05, 0.1) is 10.6 Å². The molecule has 0 saturated heterocycles. The second-order valence-corrected chi connectivity index (χ2v) is 5.50. The first-order valence-corrected chi connectivity index (χ1v) is 6.46. The number of benzene rings is 1. The Morgan fingerprint density at radius 3 is 2.75 bits per heavy atom. The number of para-hydroxylation sites is 1. The van der Waals surface area contributed by atoms with Crippen LogP contribution < -0.4 is 4.74 Å². The third-order valence-electron chi connectivity index (χ3n) is 3.80. The summed E-state index contributed by atoms with van der Waals surface area (Å²) in [6, 6.07) is 7.84. The average molecular weight is 285 g/mol. The van der Waals surface area contributed by atoms with Gasteiger partial charge in [0, 0.05) is 11.8 Å². The Hall–Kier alpha value is -0.540. The lowest BCUT2D eigenvalue weighted by Crippen LogP contribution is -2.57. The molecule has 3 heteroatoms. The van der Waals surface area contributed by atoms with Crippen LogP contribution in [0.1, 0.15) is 26.7 Å². The molecule has 2 rings (SSSR count). The summed E-state index contributed by atoms with van der Waals surface area (Å²) in [7, 11) is 0. The minimum atomic E-state index is -0.231. The van der Waals surface area contributed by atoms with E-state index in [4.69, 9.17) is 4.74 Å². The maximum Gasteiger partial charge on any atom is 0.133 e. The third kappa shape index (κ3) is 1.87. The number of halogens is 1. The third-order valence-corrected chi connectivity index (χ3v) is 4.46. The number of aliphatic hydroxyl groups is 1. The largest absolute Gasteiger partial charge is 0.488 e. The Morgan fingerprint density at radius 2 is 2.19 bits per heavy atom. The summed E-state index contributed by atoms with van der Waals surface area (Å²) in [6.07, 6.45) is 1.55. The molecule has 1 aliphatic carbocycles. The zero-order chi connectivity index (χ0) is 11.8. The fourth-order valence-corrected chi connectivity index (χ4v) is 2.51. The second-order valence-electron chi connectivity index (χ2n) is 4.65. The van der Waals surface area contributed by atoms with Gasteiger partial charge in [0.1, 0.15) is 11.9 Å². The summed E-state index contributed by atoms with van der Waals surface area (Å²) in [6.45, 7) is 4.18. The molecule has 0 aliphatic heterocycles. The van der Waals surface area contributed by atoms with E-state index < -0.39 is 0 Å². The van der Waals surface area contributed by atoms with Gasteiger partial charge in [-0.05, 0) is 34.5 Å². The molecular formula is C13H17BrO2. The van der Waals surface area contributed by atoms with Crippen molar-refractivity contribution in [3.05, 3.63) is 28.7 Å². The van der Waals surface area contributed by atoms with Gasteiger partial charge in [-0.15, -0.1) is 0 Å². The molecule has 16 heavy (non-hydrogen) atoms. The van der Waals surface area contributed by atoms with Crippen LogP contribution in [0.5, 0.6) is 5.75 Å². The number of rotatable bonds is 3. The van der Waals surface area contributed by atoms with Gasteiger partial charge in [0.2, 0.25) is 0 Å². The van der Waals surface area contributed by atoms with Crippen molar-refractivity contribution < 1.29 is 9.84 Å². The van der Waals surface area contributed by atoms with Crippen LogP contribution in [0.2, 0.25) is 0 Å². The number of aliphatic hydroxyl groups excluding tert-OH is 1. The van der Waals surface area contributed by atoms with Crippen molar-refractivity contribution in [2.75, 3.05) is 0 Å².